The number of rotatable bonds is 1. The van der Waals surface area contributed by atoms with E-state index in [0.717, 1.165) is 12.0 Å². The summed E-state index contributed by atoms with van der Waals surface area (Å²) in [6.07, 6.45) is 4.95. The molecular formula is C16H13NO3. The number of fused-ring (bicyclic) bond motifs is 6. The van der Waals surface area contributed by atoms with Crippen LogP contribution in [0.3, 0.4) is 0 Å². The van der Waals surface area contributed by atoms with Crippen molar-refractivity contribution < 1.29 is 14.3 Å². The average molecular weight is 267 g/mol. The SMILES string of the molecule is O=C1OC(N2C(=O)C3C4C=CC(C4)C32)c2ccccc21. The molecule has 1 aromatic carbocycles. The highest BCUT2D eigenvalue weighted by atomic mass is 16.6. The van der Waals surface area contributed by atoms with Gasteiger partial charge < -0.3 is 4.74 Å². The molecule has 0 aromatic heterocycles. The first-order valence-corrected chi connectivity index (χ1v) is 7.06. The molecule has 1 saturated carbocycles. The van der Waals surface area contributed by atoms with Crippen molar-refractivity contribution in [2.75, 3.05) is 0 Å². The van der Waals surface area contributed by atoms with E-state index in [2.05, 4.69) is 12.2 Å². The Morgan fingerprint density at radius 3 is 2.80 bits per heavy atom. The van der Waals surface area contributed by atoms with Gasteiger partial charge in [-0.25, -0.2) is 4.79 Å². The van der Waals surface area contributed by atoms with Crippen molar-refractivity contribution in [3.8, 4) is 0 Å². The van der Waals surface area contributed by atoms with Crippen molar-refractivity contribution in [1.29, 1.82) is 0 Å². The Hall–Kier alpha value is -2.10. The fourth-order valence-electron chi connectivity index (χ4n) is 4.35. The van der Waals surface area contributed by atoms with Gasteiger partial charge in [0.15, 0.2) is 0 Å². The summed E-state index contributed by atoms with van der Waals surface area (Å²) < 4.78 is 5.46. The van der Waals surface area contributed by atoms with Gasteiger partial charge >= 0.3 is 5.97 Å². The van der Waals surface area contributed by atoms with Gasteiger partial charge in [-0.1, -0.05) is 30.4 Å². The highest BCUT2D eigenvalue weighted by molar-refractivity contribution is 5.95. The summed E-state index contributed by atoms with van der Waals surface area (Å²) >= 11 is 0. The second-order valence-electron chi connectivity index (χ2n) is 6.06. The number of allylic oxidation sites excluding steroid dienone is 1. The molecular weight excluding hydrogens is 254 g/mol. The molecule has 5 atom stereocenters. The van der Waals surface area contributed by atoms with Crippen LogP contribution in [-0.4, -0.2) is 22.8 Å². The fourth-order valence-corrected chi connectivity index (χ4v) is 4.35. The number of likely N-dealkylation sites (tertiary alicyclic amines) is 1. The zero-order chi connectivity index (χ0) is 13.4. The van der Waals surface area contributed by atoms with Crippen LogP contribution in [0.15, 0.2) is 36.4 Å². The molecule has 2 bridgehead atoms. The summed E-state index contributed by atoms with van der Waals surface area (Å²) in [7, 11) is 0. The van der Waals surface area contributed by atoms with E-state index in [4.69, 9.17) is 4.74 Å². The zero-order valence-electron chi connectivity index (χ0n) is 10.7. The van der Waals surface area contributed by atoms with Gasteiger partial charge in [0.2, 0.25) is 12.1 Å². The average Bonchev–Trinajstić information content (AvgIpc) is 3.12. The smallest absolute Gasteiger partial charge is 0.340 e. The predicted molar refractivity (Wildman–Crippen MR) is 69.5 cm³/mol. The van der Waals surface area contributed by atoms with Crippen molar-refractivity contribution in [1.82, 2.24) is 4.90 Å². The third-order valence-corrected chi connectivity index (χ3v) is 5.20. The van der Waals surface area contributed by atoms with E-state index < -0.39 is 6.23 Å². The maximum atomic E-state index is 12.4. The molecule has 2 fully saturated rings. The number of benzene rings is 1. The van der Waals surface area contributed by atoms with Gasteiger partial charge in [-0.3, -0.25) is 9.69 Å². The van der Waals surface area contributed by atoms with Crippen LogP contribution in [0.4, 0.5) is 0 Å². The lowest BCUT2D eigenvalue weighted by Gasteiger charge is -2.50. The van der Waals surface area contributed by atoms with Crippen LogP contribution in [0.25, 0.3) is 0 Å². The number of nitrogens with zero attached hydrogens (tertiary/aromatic N) is 1. The van der Waals surface area contributed by atoms with Crippen molar-refractivity contribution in [2.45, 2.75) is 18.7 Å². The molecule has 0 radical (unpaired) electrons. The van der Waals surface area contributed by atoms with Crippen LogP contribution in [-0.2, 0) is 9.53 Å². The monoisotopic (exact) mass is 267 g/mol. The molecule has 1 amide bonds. The Morgan fingerprint density at radius 1 is 1.10 bits per heavy atom. The number of esters is 1. The van der Waals surface area contributed by atoms with E-state index in [9.17, 15) is 9.59 Å². The molecule has 1 saturated heterocycles. The largest absolute Gasteiger partial charge is 0.433 e. The second-order valence-corrected chi connectivity index (χ2v) is 6.06. The highest BCUT2D eigenvalue weighted by Gasteiger charge is 2.63. The number of hydrogen-bond acceptors (Lipinski definition) is 3. The molecule has 0 N–H and O–H groups in total. The van der Waals surface area contributed by atoms with Crippen LogP contribution in [0, 0.1) is 17.8 Å². The van der Waals surface area contributed by atoms with Gasteiger partial charge in [-0.05, 0) is 24.3 Å². The maximum absolute atomic E-state index is 12.4. The summed E-state index contributed by atoms with van der Waals surface area (Å²) in [5, 5.41) is 0. The minimum absolute atomic E-state index is 0.122. The molecule has 2 heterocycles. The van der Waals surface area contributed by atoms with E-state index in [1.165, 1.54) is 0 Å². The van der Waals surface area contributed by atoms with E-state index in [1.54, 1.807) is 11.0 Å². The van der Waals surface area contributed by atoms with Crippen molar-refractivity contribution in [2.24, 2.45) is 17.8 Å². The van der Waals surface area contributed by atoms with Gasteiger partial charge in [0.25, 0.3) is 0 Å². The van der Waals surface area contributed by atoms with Crippen LogP contribution in [0.1, 0.15) is 28.6 Å². The molecule has 4 nitrogen and oxygen atoms in total. The number of carbonyl (C=O) groups excluding carboxylic acids is 2. The van der Waals surface area contributed by atoms with Gasteiger partial charge in [0.1, 0.15) is 0 Å². The van der Waals surface area contributed by atoms with Crippen LogP contribution >= 0.6 is 0 Å². The minimum Gasteiger partial charge on any atom is -0.433 e. The Bertz CT molecular complexity index is 680. The molecule has 0 spiro atoms. The van der Waals surface area contributed by atoms with Crippen molar-refractivity contribution in [3.05, 3.63) is 47.5 Å². The van der Waals surface area contributed by atoms with Gasteiger partial charge in [-0.2, -0.15) is 0 Å². The molecule has 4 heteroatoms. The lowest BCUT2D eigenvalue weighted by Crippen LogP contribution is -2.63. The Balaban J connectivity index is 1.55. The Kier molecular flexibility index (Phi) is 1.77. The van der Waals surface area contributed by atoms with E-state index >= 15 is 0 Å². The normalized spacial score (nSPS) is 39.6. The van der Waals surface area contributed by atoms with Crippen LogP contribution in [0.2, 0.25) is 0 Å². The second kappa shape index (κ2) is 3.32. The topological polar surface area (TPSA) is 46.6 Å². The van der Waals surface area contributed by atoms with Crippen molar-refractivity contribution >= 4 is 11.9 Å². The number of β-lactam (4-membered cyclic amide) rings is 1. The third kappa shape index (κ3) is 1.05. The molecule has 20 heavy (non-hydrogen) atoms. The lowest BCUT2D eigenvalue weighted by atomic mass is 9.78. The first kappa shape index (κ1) is 10.7. The summed E-state index contributed by atoms with van der Waals surface area (Å²) in [5.41, 5.74) is 1.42. The first-order chi connectivity index (χ1) is 9.75. The van der Waals surface area contributed by atoms with E-state index in [-0.39, 0.29) is 23.8 Å². The molecule has 100 valence electrons. The molecule has 2 aliphatic carbocycles. The van der Waals surface area contributed by atoms with Crippen LogP contribution < -0.4 is 0 Å². The highest BCUT2D eigenvalue weighted by Crippen LogP contribution is 2.56. The number of hydrogen-bond donors (Lipinski definition) is 0. The number of cyclic esters (lactones) is 1. The van der Waals surface area contributed by atoms with Gasteiger partial charge in [0, 0.05) is 5.56 Å². The first-order valence-electron chi connectivity index (χ1n) is 7.06. The van der Waals surface area contributed by atoms with Gasteiger partial charge in [-0.15, -0.1) is 0 Å². The number of amides is 1. The molecule has 4 aliphatic rings. The van der Waals surface area contributed by atoms with Gasteiger partial charge in [0.05, 0.1) is 17.5 Å². The fraction of sp³-hybridized carbons (Fsp3) is 0.375. The summed E-state index contributed by atoms with van der Waals surface area (Å²) in [4.78, 5) is 26.1. The molecule has 1 aromatic rings. The standard InChI is InChI=1S/C16H13NO3/c18-14-12-8-5-6-9(7-8)13(12)17(14)15-10-3-1-2-4-11(10)16(19)20-15/h1-6,8-9,12-13,15H,7H2. The quantitative estimate of drug-likeness (QED) is 0.443. The summed E-state index contributed by atoms with van der Waals surface area (Å²) in [5.74, 6) is 0.786. The number of carbonyl (C=O) groups is 2. The van der Waals surface area contributed by atoms with Crippen LogP contribution in [0.5, 0.6) is 0 Å². The molecule has 2 aliphatic heterocycles. The Morgan fingerprint density at radius 2 is 1.90 bits per heavy atom. The lowest BCUT2D eigenvalue weighted by molar-refractivity contribution is -0.176. The van der Waals surface area contributed by atoms with Crippen molar-refractivity contribution in [3.63, 3.8) is 0 Å². The van der Waals surface area contributed by atoms with E-state index in [1.807, 2.05) is 18.2 Å². The molecule has 5 unspecified atom stereocenters. The minimum atomic E-state index is -0.514. The Labute approximate surface area is 116 Å². The zero-order valence-corrected chi connectivity index (χ0v) is 10.7. The summed E-state index contributed by atoms with van der Waals surface area (Å²) in [6.45, 7) is 0. The van der Waals surface area contributed by atoms with E-state index in [0.29, 0.717) is 17.4 Å². The molecule has 5 rings (SSSR count). The predicted octanol–water partition coefficient (Wildman–Crippen LogP) is 1.89. The maximum Gasteiger partial charge on any atom is 0.340 e. The summed E-state index contributed by atoms with van der Waals surface area (Å²) in [6, 6.07) is 7.58. The third-order valence-electron chi connectivity index (χ3n) is 5.20. The number of ether oxygens (including phenoxy) is 1.